The molecule has 0 saturated carbocycles. The lowest BCUT2D eigenvalue weighted by Gasteiger charge is -2.23. The highest BCUT2D eigenvalue weighted by atomic mass is 19.1. The van der Waals surface area contributed by atoms with Crippen molar-refractivity contribution in [3.63, 3.8) is 0 Å². The van der Waals surface area contributed by atoms with Gasteiger partial charge in [-0.3, -0.25) is 15.0 Å². The number of benzene rings is 2. The Kier molecular flexibility index (Phi) is 11.2. The van der Waals surface area contributed by atoms with Gasteiger partial charge in [0, 0.05) is 54.2 Å². The molecule has 0 saturated heterocycles. The van der Waals surface area contributed by atoms with E-state index in [1.165, 1.54) is 24.3 Å². The van der Waals surface area contributed by atoms with Gasteiger partial charge >= 0.3 is 6.09 Å². The van der Waals surface area contributed by atoms with Crippen molar-refractivity contribution in [2.75, 3.05) is 0 Å². The van der Waals surface area contributed by atoms with E-state index in [4.69, 9.17) is 24.3 Å². The smallest absolute Gasteiger partial charge is 0.408 e. The third-order valence-corrected chi connectivity index (χ3v) is 8.85. The van der Waals surface area contributed by atoms with Crippen molar-refractivity contribution in [2.24, 2.45) is 5.73 Å². The Balaban J connectivity index is 0.000000184. The van der Waals surface area contributed by atoms with Crippen molar-refractivity contribution in [3.8, 4) is 45.4 Å². The van der Waals surface area contributed by atoms with E-state index in [1.807, 2.05) is 31.2 Å². The lowest BCUT2D eigenvalue weighted by molar-refractivity contribution is 0.0507. The number of halogens is 2. The topological polar surface area (TPSA) is 194 Å². The molecule has 0 spiro atoms. The van der Waals surface area contributed by atoms with Crippen LogP contribution in [0.4, 0.5) is 13.6 Å². The Morgan fingerprint density at radius 3 is 1.58 bits per heavy atom. The average Bonchev–Trinajstić information content (AvgIpc) is 3.83. The number of nitrogens with two attached hydrogens (primary N) is 1. The van der Waals surface area contributed by atoms with E-state index in [1.54, 1.807) is 78.2 Å². The number of aromatic nitrogens is 8. The zero-order valence-corrected chi connectivity index (χ0v) is 33.3. The van der Waals surface area contributed by atoms with Crippen LogP contribution in [0.25, 0.3) is 67.2 Å². The first-order valence-corrected chi connectivity index (χ1v) is 18.6. The molecule has 8 rings (SSSR count). The number of pyridine rings is 4. The molecule has 3 N–H and O–H groups in total. The summed E-state index contributed by atoms with van der Waals surface area (Å²) in [5.41, 5.74) is 11.3. The van der Waals surface area contributed by atoms with Crippen LogP contribution in [0, 0.1) is 25.5 Å². The first-order valence-electron chi connectivity index (χ1n) is 18.6. The quantitative estimate of drug-likeness (QED) is 0.155. The number of carbonyl (C=O) groups excluding carboxylic acids is 1. The maximum Gasteiger partial charge on any atom is 0.408 e. The van der Waals surface area contributed by atoms with Gasteiger partial charge in [0.25, 0.3) is 0 Å². The van der Waals surface area contributed by atoms with Gasteiger partial charge in [-0.25, -0.2) is 18.6 Å². The van der Waals surface area contributed by atoms with Crippen LogP contribution in [0.3, 0.4) is 0 Å². The summed E-state index contributed by atoms with van der Waals surface area (Å²) >= 11 is 0. The second-order valence-corrected chi connectivity index (χ2v) is 14.7. The number of amides is 1. The van der Waals surface area contributed by atoms with Crippen molar-refractivity contribution in [2.45, 2.75) is 66.2 Å². The minimum absolute atomic E-state index is 0.205. The highest BCUT2D eigenvalue weighted by Gasteiger charge is 2.28. The number of hydrogen-bond donors (Lipinski definition) is 2. The molecular formula is C43H40F2N10O4. The summed E-state index contributed by atoms with van der Waals surface area (Å²) in [4.78, 5) is 30.8. The van der Waals surface area contributed by atoms with Crippen LogP contribution in [-0.2, 0) is 4.74 Å². The van der Waals surface area contributed by atoms with Crippen molar-refractivity contribution in [3.05, 3.63) is 120 Å². The molecule has 8 aromatic rings. The number of rotatable bonds is 7. The van der Waals surface area contributed by atoms with E-state index in [2.05, 4.69) is 40.7 Å². The monoisotopic (exact) mass is 798 g/mol. The molecule has 2 aromatic carbocycles. The lowest BCUT2D eigenvalue weighted by Crippen LogP contribution is -2.34. The number of carbonyl (C=O) groups is 1. The van der Waals surface area contributed by atoms with E-state index in [-0.39, 0.29) is 23.6 Å². The first kappa shape index (κ1) is 40.1. The van der Waals surface area contributed by atoms with E-state index >= 15 is 0 Å². The third-order valence-electron chi connectivity index (χ3n) is 8.85. The number of hydrogen-bond acceptors (Lipinski definition) is 13. The molecule has 1 amide bonds. The molecule has 0 fully saturated rings. The van der Waals surface area contributed by atoms with Gasteiger partial charge in [0.15, 0.2) is 0 Å². The SMILES string of the molecule is Cc1nnc(-c2c(-c3ccccn3)c(C(C)N)nc3ccc(F)cc23)o1.Cc1nnc(-c2c(-c3ccccn3)c(C(C)NC(=O)OC(C)(C)C)nc3ccc(F)cc23)o1. The van der Waals surface area contributed by atoms with Crippen molar-refractivity contribution in [1.82, 2.24) is 45.6 Å². The molecule has 6 heterocycles. The zero-order valence-electron chi connectivity index (χ0n) is 33.3. The Labute approximate surface area is 337 Å². The molecule has 2 unspecified atom stereocenters. The Morgan fingerprint density at radius 2 is 1.17 bits per heavy atom. The van der Waals surface area contributed by atoms with Crippen LogP contribution in [0.1, 0.15) is 69.9 Å². The fourth-order valence-corrected chi connectivity index (χ4v) is 6.48. The molecule has 0 aliphatic rings. The highest BCUT2D eigenvalue weighted by Crippen LogP contribution is 2.42. The zero-order chi connectivity index (χ0) is 42.0. The minimum atomic E-state index is -0.658. The average molecular weight is 799 g/mol. The highest BCUT2D eigenvalue weighted by molar-refractivity contribution is 6.02. The second kappa shape index (κ2) is 16.4. The van der Waals surface area contributed by atoms with Crippen LogP contribution in [0.2, 0.25) is 0 Å². The second-order valence-electron chi connectivity index (χ2n) is 14.7. The summed E-state index contributed by atoms with van der Waals surface area (Å²) in [6, 6.07) is 18.7. The molecule has 16 heteroatoms. The van der Waals surface area contributed by atoms with Gasteiger partial charge in [-0.05, 0) is 95.3 Å². The number of aryl methyl sites for hydroxylation is 2. The minimum Gasteiger partial charge on any atom is -0.444 e. The molecule has 14 nitrogen and oxygen atoms in total. The van der Waals surface area contributed by atoms with Crippen LogP contribution in [0.5, 0.6) is 0 Å². The summed E-state index contributed by atoms with van der Waals surface area (Å²) in [7, 11) is 0. The molecule has 0 radical (unpaired) electrons. The fourth-order valence-electron chi connectivity index (χ4n) is 6.48. The summed E-state index contributed by atoms with van der Waals surface area (Å²) in [6.07, 6.45) is 2.74. The Hall–Kier alpha value is -7.07. The number of fused-ring (bicyclic) bond motifs is 2. The maximum atomic E-state index is 14.3. The van der Waals surface area contributed by atoms with Gasteiger partial charge in [0.1, 0.15) is 17.2 Å². The van der Waals surface area contributed by atoms with Crippen molar-refractivity contribution < 1.29 is 27.1 Å². The molecule has 59 heavy (non-hydrogen) atoms. The number of nitrogens with one attached hydrogen (secondary N) is 1. The predicted octanol–water partition coefficient (Wildman–Crippen LogP) is 9.19. The molecule has 0 aliphatic heterocycles. The number of nitrogens with zero attached hydrogens (tertiary/aromatic N) is 8. The van der Waals surface area contributed by atoms with Crippen LogP contribution >= 0.6 is 0 Å². The van der Waals surface area contributed by atoms with E-state index < -0.39 is 23.6 Å². The van der Waals surface area contributed by atoms with Gasteiger partial charge in [-0.15, -0.1) is 20.4 Å². The molecule has 6 aromatic heterocycles. The molecule has 2 atom stereocenters. The standard InChI is InChI=1S/C24H24FN5O3.C19H16FN5O/c1-13(27-23(31)33-24(3,4)5)21-20(18-8-6-7-11-26-18)19(22-30-29-14(2)32-22)16-12-15(25)9-10-17(16)28-21;1-10(21)18-17(15-5-3-4-8-22-15)16(19-25-24-11(2)26-19)13-9-12(20)6-7-14(13)23-18/h6-13H,1-5H3,(H,27,31);3-10H,21H2,1-2H3. The summed E-state index contributed by atoms with van der Waals surface area (Å²) in [5.74, 6) is 0.453. The van der Waals surface area contributed by atoms with Gasteiger partial charge < -0.3 is 24.6 Å². The summed E-state index contributed by atoms with van der Waals surface area (Å²) in [5, 5.41) is 20.1. The predicted molar refractivity (Wildman–Crippen MR) is 216 cm³/mol. The van der Waals surface area contributed by atoms with Gasteiger partial charge in [-0.2, -0.15) is 0 Å². The third kappa shape index (κ3) is 8.77. The number of alkyl carbamates (subject to hydrolysis) is 1. The van der Waals surface area contributed by atoms with E-state index in [9.17, 15) is 13.6 Å². The molecule has 0 bridgehead atoms. The van der Waals surface area contributed by atoms with Crippen molar-refractivity contribution >= 4 is 27.9 Å². The van der Waals surface area contributed by atoms with Gasteiger partial charge in [0.2, 0.25) is 23.6 Å². The maximum absolute atomic E-state index is 14.3. The largest absolute Gasteiger partial charge is 0.444 e. The fraction of sp³-hybridized carbons (Fsp3) is 0.233. The Bertz CT molecular complexity index is 2790. The van der Waals surface area contributed by atoms with Gasteiger partial charge in [0.05, 0.1) is 51.0 Å². The normalized spacial score (nSPS) is 12.5. The van der Waals surface area contributed by atoms with E-state index in [0.29, 0.717) is 78.6 Å². The lowest BCUT2D eigenvalue weighted by atomic mass is 9.94. The molecule has 0 aliphatic carbocycles. The Morgan fingerprint density at radius 1 is 0.695 bits per heavy atom. The molecular weight excluding hydrogens is 759 g/mol. The summed E-state index contributed by atoms with van der Waals surface area (Å²) in [6.45, 7) is 12.4. The van der Waals surface area contributed by atoms with Gasteiger partial charge in [-0.1, -0.05) is 12.1 Å². The summed E-state index contributed by atoms with van der Waals surface area (Å²) < 4.78 is 45.1. The van der Waals surface area contributed by atoms with Crippen LogP contribution in [0.15, 0.2) is 94.0 Å². The first-order chi connectivity index (χ1) is 28.2. The van der Waals surface area contributed by atoms with Crippen LogP contribution in [-0.4, -0.2) is 52.0 Å². The van der Waals surface area contributed by atoms with E-state index in [0.717, 1.165) is 0 Å². The number of ether oxygens (including phenoxy) is 1. The molecule has 300 valence electrons. The van der Waals surface area contributed by atoms with Crippen LogP contribution < -0.4 is 11.1 Å². The van der Waals surface area contributed by atoms with Crippen molar-refractivity contribution in [1.29, 1.82) is 0 Å².